The summed E-state index contributed by atoms with van der Waals surface area (Å²) >= 11 is 2.03. The number of nitrogens with one attached hydrogen (secondary N) is 2. The van der Waals surface area contributed by atoms with Gasteiger partial charge in [0.25, 0.3) is 0 Å². The molecule has 1 fully saturated rings. The summed E-state index contributed by atoms with van der Waals surface area (Å²) < 4.78 is 0. The Labute approximate surface area is 124 Å². The van der Waals surface area contributed by atoms with Gasteiger partial charge in [-0.2, -0.15) is 11.8 Å². The molecule has 0 atom stereocenters. The Balaban J connectivity index is 1.94. The topological polar surface area (TPSA) is 79.1 Å². The molecule has 0 unspecified atom stereocenters. The molecule has 2 rings (SSSR count). The lowest BCUT2D eigenvalue weighted by molar-refractivity contribution is 0.314. The molecule has 20 heavy (non-hydrogen) atoms. The van der Waals surface area contributed by atoms with Crippen LogP contribution in [0.15, 0.2) is 6.33 Å². The van der Waals surface area contributed by atoms with Crippen molar-refractivity contribution < 1.29 is 0 Å². The average molecular weight is 296 g/mol. The lowest BCUT2D eigenvalue weighted by Gasteiger charge is -2.26. The van der Waals surface area contributed by atoms with Crippen molar-refractivity contribution >= 4 is 23.4 Å². The Bertz CT molecular complexity index is 419. The van der Waals surface area contributed by atoms with Gasteiger partial charge in [0.05, 0.1) is 0 Å². The molecule has 0 saturated carbocycles. The maximum Gasteiger partial charge on any atom is 0.148 e. The van der Waals surface area contributed by atoms with Gasteiger partial charge in [-0.15, -0.1) is 0 Å². The molecule has 1 aromatic heterocycles. The van der Waals surface area contributed by atoms with Gasteiger partial charge in [-0.1, -0.05) is 13.8 Å². The smallest absolute Gasteiger partial charge is 0.148 e. The van der Waals surface area contributed by atoms with Crippen molar-refractivity contribution in [1.82, 2.24) is 14.9 Å². The van der Waals surface area contributed by atoms with Gasteiger partial charge in [-0.3, -0.25) is 4.90 Å². The van der Waals surface area contributed by atoms with E-state index in [2.05, 4.69) is 39.5 Å². The van der Waals surface area contributed by atoms with E-state index in [1.165, 1.54) is 24.6 Å². The first-order valence-corrected chi connectivity index (χ1v) is 8.23. The van der Waals surface area contributed by atoms with Crippen LogP contribution in [0.1, 0.15) is 25.3 Å². The van der Waals surface area contributed by atoms with Gasteiger partial charge in [0, 0.05) is 43.2 Å². The fourth-order valence-corrected chi connectivity index (χ4v) is 3.33. The van der Waals surface area contributed by atoms with Crippen molar-refractivity contribution in [1.29, 1.82) is 0 Å². The summed E-state index contributed by atoms with van der Waals surface area (Å²) in [5.74, 6) is 9.91. The largest absolute Gasteiger partial charge is 0.368 e. The highest BCUT2D eigenvalue weighted by Crippen LogP contribution is 2.27. The van der Waals surface area contributed by atoms with Gasteiger partial charge in [0.2, 0.25) is 0 Å². The van der Waals surface area contributed by atoms with E-state index in [1.54, 1.807) is 6.33 Å². The van der Waals surface area contributed by atoms with Crippen molar-refractivity contribution in [2.45, 2.75) is 19.8 Å². The molecule has 0 amide bonds. The van der Waals surface area contributed by atoms with Crippen LogP contribution in [0.2, 0.25) is 0 Å². The van der Waals surface area contributed by atoms with Crippen LogP contribution in [-0.2, 0) is 0 Å². The van der Waals surface area contributed by atoms with E-state index in [1.807, 2.05) is 11.8 Å². The minimum atomic E-state index is 0.316. The van der Waals surface area contributed by atoms with Gasteiger partial charge >= 0.3 is 0 Å². The van der Waals surface area contributed by atoms with Gasteiger partial charge in [0.1, 0.15) is 18.0 Å². The number of rotatable bonds is 6. The van der Waals surface area contributed by atoms with Crippen LogP contribution in [0.3, 0.4) is 0 Å². The molecule has 4 N–H and O–H groups in total. The molecule has 1 saturated heterocycles. The minimum absolute atomic E-state index is 0.316. The van der Waals surface area contributed by atoms with Crippen LogP contribution >= 0.6 is 11.8 Å². The molecular formula is C13H24N6S. The quantitative estimate of drug-likeness (QED) is 0.540. The number of hydrogen-bond acceptors (Lipinski definition) is 7. The van der Waals surface area contributed by atoms with Gasteiger partial charge < -0.3 is 10.7 Å². The normalized spacial score (nSPS) is 16.4. The number of anilines is 2. The lowest BCUT2D eigenvalue weighted by atomic mass is 10.0. The SMILES string of the molecule is CC(C)c1c(NN)ncnc1NCCN1CCSCC1. The van der Waals surface area contributed by atoms with Crippen LogP contribution in [-0.4, -0.2) is 52.6 Å². The number of aromatic nitrogens is 2. The van der Waals surface area contributed by atoms with E-state index in [-0.39, 0.29) is 0 Å². The Kier molecular flexibility index (Phi) is 5.87. The van der Waals surface area contributed by atoms with E-state index < -0.39 is 0 Å². The standard InChI is InChI=1S/C13H24N6S/c1-10(2)11-12(16-9-17-13(11)18-14)15-3-4-19-5-7-20-8-6-19/h9-10H,3-8,14H2,1-2H3,(H2,15,16,17,18). The number of nitrogens with two attached hydrogens (primary N) is 1. The fraction of sp³-hybridized carbons (Fsp3) is 0.692. The molecule has 112 valence electrons. The molecule has 1 aliphatic heterocycles. The molecule has 6 nitrogen and oxygen atoms in total. The Morgan fingerprint density at radius 2 is 2.00 bits per heavy atom. The summed E-state index contributed by atoms with van der Waals surface area (Å²) in [5.41, 5.74) is 3.70. The highest BCUT2D eigenvalue weighted by molar-refractivity contribution is 7.99. The molecular weight excluding hydrogens is 272 g/mol. The van der Waals surface area contributed by atoms with E-state index in [9.17, 15) is 0 Å². The molecule has 0 radical (unpaired) electrons. The van der Waals surface area contributed by atoms with Crippen molar-refractivity contribution in [2.24, 2.45) is 5.84 Å². The molecule has 0 aliphatic carbocycles. The maximum absolute atomic E-state index is 5.52. The van der Waals surface area contributed by atoms with Crippen LogP contribution in [0.5, 0.6) is 0 Å². The first kappa shape index (κ1) is 15.3. The van der Waals surface area contributed by atoms with E-state index >= 15 is 0 Å². The second-order valence-electron chi connectivity index (χ2n) is 5.16. The molecule has 2 heterocycles. The van der Waals surface area contributed by atoms with Gasteiger partial charge in [-0.25, -0.2) is 15.8 Å². The Hall–Kier alpha value is -1.05. The summed E-state index contributed by atoms with van der Waals surface area (Å²) in [4.78, 5) is 11.0. The fourth-order valence-electron chi connectivity index (χ4n) is 2.36. The predicted octanol–water partition coefficient (Wildman–Crippen LogP) is 1.35. The van der Waals surface area contributed by atoms with E-state index in [0.29, 0.717) is 11.7 Å². The first-order valence-electron chi connectivity index (χ1n) is 7.08. The predicted molar refractivity (Wildman–Crippen MR) is 86.2 cm³/mol. The Morgan fingerprint density at radius 3 is 2.65 bits per heavy atom. The minimum Gasteiger partial charge on any atom is -0.368 e. The highest BCUT2D eigenvalue weighted by atomic mass is 32.2. The second kappa shape index (κ2) is 7.66. The summed E-state index contributed by atoms with van der Waals surface area (Å²) in [6, 6.07) is 0. The zero-order chi connectivity index (χ0) is 14.4. The summed E-state index contributed by atoms with van der Waals surface area (Å²) in [5, 5.41) is 3.42. The number of hydrazine groups is 1. The third-order valence-electron chi connectivity index (χ3n) is 3.42. The zero-order valence-electron chi connectivity index (χ0n) is 12.2. The average Bonchev–Trinajstić information content (AvgIpc) is 2.47. The highest BCUT2D eigenvalue weighted by Gasteiger charge is 2.15. The lowest BCUT2D eigenvalue weighted by Crippen LogP contribution is -2.36. The van der Waals surface area contributed by atoms with Crippen LogP contribution in [0.4, 0.5) is 11.6 Å². The molecule has 0 aromatic carbocycles. The van der Waals surface area contributed by atoms with Crippen molar-refractivity contribution in [2.75, 3.05) is 48.4 Å². The Morgan fingerprint density at radius 1 is 1.30 bits per heavy atom. The van der Waals surface area contributed by atoms with Crippen LogP contribution in [0.25, 0.3) is 0 Å². The molecule has 0 bridgehead atoms. The third kappa shape index (κ3) is 3.97. The van der Waals surface area contributed by atoms with E-state index in [0.717, 1.165) is 24.5 Å². The number of thioether (sulfide) groups is 1. The first-order chi connectivity index (χ1) is 9.72. The van der Waals surface area contributed by atoms with Crippen molar-refractivity contribution in [3.05, 3.63) is 11.9 Å². The summed E-state index contributed by atoms with van der Waals surface area (Å²) in [6.45, 7) is 8.55. The number of nitrogens with zero attached hydrogens (tertiary/aromatic N) is 3. The third-order valence-corrected chi connectivity index (χ3v) is 4.36. The molecule has 1 aromatic rings. The van der Waals surface area contributed by atoms with Crippen LogP contribution in [0, 0.1) is 0 Å². The number of hydrogen-bond donors (Lipinski definition) is 3. The molecule has 0 spiro atoms. The summed E-state index contributed by atoms with van der Waals surface area (Å²) in [6.07, 6.45) is 1.54. The zero-order valence-corrected chi connectivity index (χ0v) is 13.0. The van der Waals surface area contributed by atoms with Gasteiger partial charge in [-0.05, 0) is 5.92 Å². The van der Waals surface area contributed by atoms with Gasteiger partial charge in [0.15, 0.2) is 0 Å². The monoisotopic (exact) mass is 296 g/mol. The van der Waals surface area contributed by atoms with Crippen LogP contribution < -0.4 is 16.6 Å². The molecule has 7 heteroatoms. The maximum atomic E-state index is 5.52. The number of nitrogen functional groups attached to an aromatic ring is 1. The second-order valence-corrected chi connectivity index (χ2v) is 6.39. The van der Waals surface area contributed by atoms with Crippen molar-refractivity contribution in [3.63, 3.8) is 0 Å². The molecule has 1 aliphatic rings. The van der Waals surface area contributed by atoms with E-state index in [4.69, 9.17) is 5.84 Å². The summed E-state index contributed by atoms with van der Waals surface area (Å²) in [7, 11) is 0. The van der Waals surface area contributed by atoms with Crippen molar-refractivity contribution in [3.8, 4) is 0 Å².